The number of carbonyl (C=O) groups excluding carboxylic acids is 2. The smallest absolute Gasteiger partial charge is 0.262 e. The number of fused-ring (bicyclic) bond motifs is 1. The molecule has 1 saturated heterocycles. The first-order valence-corrected chi connectivity index (χ1v) is 6.53. The van der Waals surface area contributed by atoms with Crippen molar-refractivity contribution in [2.24, 2.45) is 0 Å². The van der Waals surface area contributed by atoms with Crippen LogP contribution in [0.2, 0.25) is 0 Å². The van der Waals surface area contributed by atoms with E-state index in [1.54, 1.807) is 24.3 Å². The second-order valence-corrected chi connectivity index (χ2v) is 5.15. The molecule has 1 fully saturated rings. The van der Waals surface area contributed by atoms with Gasteiger partial charge in [0.15, 0.2) is 0 Å². The number of likely N-dealkylation sites (N-methyl/N-ethyl adjacent to an activating group) is 1. The molecule has 0 spiro atoms. The number of piperazine rings is 1. The summed E-state index contributed by atoms with van der Waals surface area (Å²) in [6.07, 6.45) is 0. The van der Waals surface area contributed by atoms with Crippen molar-refractivity contribution in [3.05, 3.63) is 35.4 Å². The Balaban J connectivity index is 1.74. The molecule has 0 atom stereocenters. The third kappa shape index (κ3) is 2.15. The quantitative estimate of drug-likeness (QED) is 0.725. The molecule has 1 aromatic carbocycles. The van der Waals surface area contributed by atoms with E-state index >= 15 is 0 Å². The number of benzene rings is 1. The van der Waals surface area contributed by atoms with Crippen molar-refractivity contribution in [3.8, 4) is 0 Å². The van der Waals surface area contributed by atoms with E-state index in [1.807, 2.05) is 0 Å². The summed E-state index contributed by atoms with van der Waals surface area (Å²) < 4.78 is 0. The van der Waals surface area contributed by atoms with Crippen LogP contribution in [0.5, 0.6) is 0 Å². The van der Waals surface area contributed by atoms with Gasteiger partial charge in [0.05, 0.1) is 17.8 Å². The van der Waals surface area contributed by atoms with Gasteiger partial charge in [-0.2, -0.15) is 0 Å². The Morgan fingerprint density at radius 3 is 2.00 bits per heavy atom. The molecular formula is C14H17N3O2. The van der Waals surface area contributed by atoms with Crippen molar-refractivity contribution in [2.45, 2.75) is 0 Å². The first-order valence-electron chi connectivity index (χ1n) is 6.53. The maximum absolute atomic E-state index is 12.2. The minimum Gasteiger partial charge on any atom is -0.304 e. The summed E-state index contributed by atoms with van der Waals surface area (Å²) in [7, 11) is 2.08. The van der Waals surface area contributed by atoms with E-state index in [2.05, 4.69) is 16.8 Å². The third-order valence-electron chi connectivity index (χ3n) is 3.82. The molecule has 0 aromatic heterocycles. The van der Waals surface area contributed by atoms with Gasteiger partial charge in [-0.05, 0) is 19.2 Å². The van der Waals surface area contributed by atoms with E-state index in [9.17, 15) is 9.59 Å². The molecule has 0 N–H and O–H groups in total. The molecule has 2 aliphatic rings. The Morgan fingerprint density at radius 2 is 1.47 bits per heavy atom. The number of hydrogen-bond donors (Lipinski definition) is 0. The topological polar surface area (TPSA) is 43.9 Å². The maximum atomic E-state index is 12.2. The molecule has 0 radical (unpaired) electrons. The van der Waals surface area contributed by atoms with E-state index in [0.29, 0.717) is 17.8 Å². The van der Waals surface area contributed by atoms with Gasteiger partial charge in [-0.3, -0.25) is 19.4 Å². The molecule has 3 rings (SSSR count). The Kier molecular flexibility index (Phi) is 3.08. The van der Waals surface area contributed by atoms with Gasteiger partial charge in [-0.1, -0.05) is 12.1 Å². The van der Waals surface area contributed by atoms with Crippen LogP contribution in [0.4, 0.5) is 0 Å². The van der Waals surface area contributed by atoms with E-state index in [-0.39, 0.29) is 11.8 Å². The summed E-state index contributed by atoms with van der Waals surface area (Å²) in [6.45, 7) is 4.14. The Hall–Kier alpha value is -1.72. The van der Waals surface area contributed by atoms with Gasteiger partial charge in [-0.25, -0.2) is 0 Å². The molecule has 0 unspecified atom stereocenters. The Labute approximate surface area is 112 Å². The van der Waals surface area contributed by atoms with Gasteiger partial charge in [0.2, 0.25) is 0 Å². The molecule has 100 valence electrons. The van der Waals surface area contributed by atoms with E-state index in [0.717, 1.165) is 26.2 Å². The summed E-state index contributed by atoms with van der Waals surface area (Å²) in [6, 6.07) is 7.03. The second-order valence-electron chi connectivity index (χ2n) is 5.15. The molecule has 0 bridgehead atoms. The minimum absolute atomic E-state index is 0.167. The van der Waals surface area contributed by atoms with Crippen LogP contribution in [0.25, 0.3) is 0 Å². The standard InChI is InChI=1S/C14H17N3O2/c1-15-6-8-16(9-7-15)10-17-13(18)11-4-2-3-5-12(11)14(17)19/h2-5H,6-10H2,1H3. The van der Waals surface area contributed by atoms with Gasteiger partial charge < -0.3 is 4.90 Å². The van der Waals surface area contributed by atoms with Crippen molar-refractivity contribution >= 4 is 11.8 Å². The number of imide groups is 1. The van der Waals surface area contributed by atoms with E-state index in [1.165, 1.54) is 4.90 Å². The lowest BCUT2D eigenvalue weighted by Crippen LogP contribution is -2.50. The molecule has 2 heterocycles. The third-order valence-corrected chi connectivity index (χ3v) is 3.82. The van der Waals surface area contributed by atoms with Crippen LogP contribution in [-0.2, 0) is 0 Å². The molecule has 2 amide bonds. The molecule has 19 heavy (non-hydrogen) atoms. The lowest BCUT2D eigenvalue weighted by atomic mass is 10.1. The maximum Gasteiger partial charge on any atom is 0.262 e. The normalized spacial score (nSPS) is 21.0. The van der Waals surface area contributed by atoms with Crippen molar-refractivity contribution in [1.82, 2.24) is 14.7 Å². The fourth-order valence-corrected chi connectivity index (χ4v) is 2.56. The predicted molar refractivity (Wildman–Crippen MR) is 70.9 cm³/mol. The van der Waals surface area contributed by atoms with Gasteiger partial charge in [0.1, 0.15) is 0 Å². The highest BCUT2D eigenvalue weighted by Gasteiger charge is 2.36. The first-order chi connectivity index (χ1) is 9.16. The summed E-state index contributed by atoms with van der Waals surface area (Å²) >= 11 is 0. The van der Waals surface area contributed by atoms with Crippen LogP contribution in [0, 0.1) is 0 Å². The molecule has 1 aromatic rings. The lowest BCUT2D eigenvalue weighted by molar-refractivity contribution is 0.0475. The molecule has 5 nitrogen and oxygen atoms in total. The zero-order valence-corrected chi connectivity index (χ0v) is 11.0. The Bertz CT molecular complexity index is 486. The lowest BCUT2D eigenvalue weighted by Gasteiger charge is -2.34. The van der Waals surface area contributed by atoms with Crippen molar-refractivity contribution < 1.29 is 9.59 Å². The van der Waals surface area contributed by atoms with Crippen LogP contribution in [0.3, 0.4) is 0 Å². The largest absolute Gasteiger partial charge is 0.304 e. The fourth-order valence-electron chi connectivity index (χ4n) is 2.56. The zero-order valence-electron chi connectivity index (χ0n) is 11.0. The average Bonchev–Trinajstić information content (AvgIpc) is 2.67. The SMILES string of the molecule is CN1CCN(CN2C(=O)c3ccccc3C2=O)CC1. The van der Waals surface area contributed by atoms with Crippen LogP contribution in [0.15, 0.2) is 24.3 Å². The van der Waals surface area contributed by atoms with Crippen molar-refractivity contribution in [1.29, 1.82) is 0 Å². The van der Waals surface area contributed by atoms with Gasteiger partial charge in [-0.15, -0.1) is 0 Å². The van der Waals surface area contributed by atoms with Crippen LogP contribution < -0.4 is 0 Å². The highest BCUT2D eigenvalue weighted by Crippen LogP contribution is 2.22. The van der Waals surface area contributed by atoms with Crippen molar-refractivity contribution in [2.75, 3.05) is 39.9 Å². The van der Waals surface area contributed by atoms with Gasteiger partial charge >= 0.3 is 0 Å². The van der Waals surface area contributed by atoms with Crippen LogP contribution in [0.1, 0.15) is 20.7 Å². The monoisotopic (exact) mass is 259 g/mol. The van der Waals surface area contributed by atoms with Crippen LogP contribution in [-0.4, -0.2) is 66.4 Å². The zero-order chi connectivity index (χ0) is 13.4. The van der Waals surface area contributed by atoms with E-state index < -0.39 is 0 Å². The molecule has 5 heteroatoms. The highest BCUT2D eigenvalue weighted by molar-refractivity contribution is 6.21. The number of carbonyl (C=O) groups is 2. The average molecular weight is 259 g/mol. The summed E-state index contributed by atoms with van der Waals surface area (Å²) in [5.41, 5.74) is 1.06. The summed E-state index contributed by atoms with van der Waals surface area (Å²) in [5.74, 6) is -0.334. The molecular weight excluding hydrogens is 242 g/mol. The highest BCUT2D eigenvalue weighted by atomic mass is 16.2. The molecule has 2 aliphatic heterocycles. The van der Waals surface area contributed by atoms with Gasteiger partial charge in [0, 0.05) is 26.2 Å². The molecule has 0 saturated carbocycles. The predicted octanol–water partition coefficient (Wildman–Crippen LogP) is 0.487. The first kappa shape index (κ1) is 12.3. The summed E-state index contributed by atoms with van der Waals surface area (Å²) in [5, 5.41) is 0. The van der Waals surface area contributed by atoms with Crippen LogP contribution >= 0.6 is 0 Å². The number of rotatable bonds is 2. The Morgan fingerprint density at radius 1 is 0.947 bits per heavy atom. The van der Waals surface area contributed by atoms with Gasteiger partial charge in [0.25, 0.3) is 11.8 Å². The number of nitrogens with zero attached hydrogens (tertiary/aromatic N) is 3. The molecule has 0 aliphatic carbocycles. The fraction of sp³-hybridized carbons (Fsp3) is 0.429. The summed E-state index contributed by atoms with van der Waals surface area (Å²) in [4.78, 5) is 30.2. The number of amides is 2. The minimum atomic E-state index is -0.167. The van der Waals surface area contributed by atoms with Crippen molar-refractivity contribution in [3.63, 3.8) is 0 Å². The van der Waals surface area contributed by atoms with E-state index in [4.69, 9.17) is 0 Å². The second kappa shape index (κ2) is 4.75. The number of hydrogen-bond acceptors (Lipinski definition) is 4.